The van der Waals surface area contributed by atoms with Crippen LogP contribution in [0.1, 0.15) is 31.5 Å². The van der Waals surface area contributed by atoms with Gasteiger partial charge in [-0.05, 0) is 12.8 Å². The molecule has 1 N–H and O–H groups in total. The van der Waals surface area contributed by atoms with E-state index in [-0.39, 0.29) is 18.1 Å². The van der Waals surface area contributed by atoms with E-state index in [1.807, 2.05) is 27.6 Å². The molecule has 1 unspecified atom stereocenters. The molecule has 0 spiro atoms. The summed E-state index contributed by atoms with van der Waals surface area (Å²) in [4.78, 5) is 21.1. The van der Waals surface area contributed by atoms with Crippen molar-refractivity contribution in [2.75, 3.05) is 26.3 Å². The first-order valence-corrected chi connectivity index (χ1v) is 8.44. The Kier molecular flexibility index (Phi) is 3.57. The maximum absolute atomic E-state index is 12.9. The molecule has 3 atom stereocenters. The molecular formula is C16H24N4O3. The van der Waals surface area contributed by atoms with Gasteiger partial charge in [0, 0.05) is 57.5 Å². The third-order valence-electron chi connectivity index (χ3n) is 5.51. The number of rotatable bonds is 1. The second kappa shape index (κ2) is 5.49. The molecule has 3 saturated heterocycles. The van der Waals surface area contributed by atoms with E-state index in [9.17, 15) is 9.90 Å². The number of aliphatic hydroxyl groups is 1. The summed E-state index contributed by atoms with van der Waals surface area (Å²) in [7, 11) is 1.91. The topological polar surface area (TPSA) is 70.8 Å². The molecule has 4 rings (SSSR count). The predicted molar refractivity (Wildman–Crippen MR) is 82.8 cm³/mol. The molecule has 0 aromatic carbocycles. The van der Waals surface area contributed by atoms with E-state index in [1.54, 1.807) is 6.20 Å². The minimum Gasteiger partial charge on any atom is -0.382 e. The lowest BCUT2D eigenvalue weighted by Gasteiger charge is -2.45. The Morgan fingerprint density at radius 1 is 1.30 bits per heavy atom. The van der Waals surface area contributed by atoms with E-state index in [0.29, 0.717) is 45.0 Å². The summed E-state index contributed by atoms with van der Waals surface area (Å²) in [5.74, 6) is 0.716. The highest BCUT2D eigenvalue weighted by molar-refractivity contribution is 5.76. The Bertz CT molecular complexity index is 582. The van der Waals surface area contributed by atoms with Gasteiger partial charge in [0.05, 0.1) is 13.2 Å². The Morgan fingerprint density at radius 2 is 1.96 bits per heavy atom. The van der Waals surface area contributed by atoms with Gasteiger partial charge in [-0.1, -0.05) is 0 Å². The summed E-state index contributed by atoms with van der Waals surface area (Å²) < 4.78 is 7.23. The number of piperidine rings is 1. The largest absolute Gasteiger partial charge is 0.382 e. The van der Waals surface area contributed by atoms with Crippen molar-refractivity contribution in [3.63, 3.8) is 0 Å². The molecule has 2 bridgehead atoms. The smallest absolute Gasteiger partial charge is 0.320 e. The quantitative estimate of drug-likeness (QED) is 0.826. The van der Waals surface area contributed by atoms with Crippen molar-refractivity contribution in [2.45, 2.75) is 43.4 Å². The van der Waals surface area contributed by atoms with Crippen molar-refractivity contribution in [1.29, 1.82) is 0 Å². The number of ether oxygens (including phenoxy) is 1. The van der Waals surface area contributed by atoms with E-state index < -0.39 is 5.60 Å². The number of hydrogen-bond acceptors (Lipinski definition) is 4. The number of carbonyl (C=O) groups is 1. The van der Waals surface area contributed by atoms with Crippen molar-refractivity contribution < 1.29 is 14.6 Å². The lowest BCUT2D eigenvalue weighted by Crippen LogP contribution is -2.57. The van der Waals surface area contributed by atoms with Crippen LogP contribution < -0.4 is 0 Å². The van der Waals surface area contributed by atoms with Crippen LogP contribution in [0.15, 0.2) is 12.4 Å². The molecule has 1 aromatic heterocycles. The van der Waals surface area contributed by atoms with Crippen LogP contribution in [0, 0.1) is 0 Å². The Morgan fingerprint density at radius 3 is 2.52 bits per heavy atom. The van der Waals surface area contributed by atoms with Crippen LogP contribution in [0.4, 0.5) is 4.79 Å². The second-order valence-corrected chi connectivity index (χ2v) is 6.98. The number of urea groups is 1. The Hall–Kier alpha value is -1.60. The molecule has 0 saturated carbocycles. The number of carbonyl (C=O) groups excluding carboxylic acids is 1. The zero-order valence-electron chi connectivity index (χ0n) is 13.5. The average molecular weight is 320 g/mol. The van der Waals surface area contributed by atoms with Gasteiger partial charge in [-0.15, -0.1) is 0 Å². The molecule has 23 heavy (non-hydrogen) atoms. The number of aryl methyl sites for hydroxylation is 1. The van der Waals surface area contributed by atoms with E-state index in [4.69, 9.17) is 4.74 Å². The molecule has 0 radical (unpaired) electrons. The van der Waals surface area contributed by atoms with Crippen molar-refractivity contribution in [1.82, 2.24) is 19.4 Å². The Balaban J connectivity index is 1.54. The lowest BCUT2D eigenvalue weighted by molar-refractivity contribution is -0.0579. The lowest BCUT2D eigenvalue weighted by atomic mass is 9.85. The Labute approximate surface area is 135 Å². The highest BCUT2D eigenvalue weighted by Gasteiger charge is 2.52. The van der Waals surface area contributed by atoms with Crippen LogP contribution >= 0.6 is 0 Å². The minimum absolute atomic E-state index is 0.103. The fraction of sp³-hybridized carbons (Fsp3) is 0.750. The van der Waals surface area contributed by atoms with Crippen LogP contribution in [0.3, 0.4) is 0 Å². The third-order valence-corrected chi connectivity index (χ3v) is 5.51. The van der Waals surface area contributed by atoms with Crippen LogP contribution in [0.5, 0.6) is 0 Å². The second-order valence-electron chi connectivity index (χ2n) is 6.98. The van der Waals surface area contributed by atoms with Gasteiger partial charge in [-0.2, -0.15) is 0 Å². The van der Waals surface area contributed by atoms with Gasteiger partial charge in [-0.3, -0.25) is 0 Å². The summed E-state index contributed by atoms with van der Waals surface area (Å²) in [6, 6.07) is 0.319. The summed E-state index contributed by atoms with van der Waals surface area (Å²) >= 11 is 0. The molecular weight excluding hydrogens is 296 g/mol. The molecule has 3 aliphatic heterocycles. The number of nitrogens with zero attached hydrogens (tertiary/aromatic N) is 4. The van der Waals surface area contributed by atoms with Crippen LogP contribution in [0.25, 0.3) is 0 Å². The van der Waals surface area contributed by atoms with Gasteiger partial charge in [0.2, 0.25) is 0 Å². The molecule has 0 aliphatic carbocycles. The molecule has 4 heterocycles. The number of morpholine rings is 1. The maximum Gasteiger partial charge on any atom is 0.320 e. The number of amides is 2. The van der Waals surface area contributed by atoms with Gasteiger partial charge in [0.25, 0.3) is 0 Å². The number of fused-ring (bicyclic) bond motifs is 2. The normalized spacial score (nSPS) is 34.0. The predicted octanol–water partition coefficient (Wildman–Crippen LogP) is 0.687. The van der Waals surface area contributed by atoms with Crippen LogP contribution in [0.2, 0.25) is 0 Å². The summed E-state index contributed by atoms with van der Waals surface area (Å²) in [5, 5.41) is 11.1. The third kappa shape index (κ3) is 2.42. The summed E-state index contributed by atoms with van der Waals surface area (Å²) in [6.07, 6.45) is 6.66. The zero-order valence-corrected chi connectivity index (χ0v) is 13.5. The molecule has 3 aliphatic rings. The van der Waals surface area contributed by atoms with Crippen molar-refractivity contribution in [2.24, 2.45) is 7.05 Å². The van der Waals surface area contributed by atoms with E-state index in [0.717, 1.165) is 12.8 Å². The highest BCUT2D eigenvalue weighted by atomic mass is 16.5. The first kappa shape index (κ1) is 15.0. The highest BCUT2D eigenvalue weighted by Crippen LogP contribution is 2.45. The van der Waals surface area contributed by atoms with E-state index in [2.05, 4.69) is 4.98 Å². The van der Waals surface area contributed by atoms with Gasteiger partial charge in [0.1, 0.15) is 11.4 Å². The van der Waals surface area contributed by atoms with Gasteiger partial charge < -0.3 is 24.2 Å². The number of imidazole rings is 1. The molecule has 2 amide bonds. The van der Waals surface area contributed by atoms with Crippen molar-refractivity contribution >= 4 is 6.03 Å². The molecule has 1 aromatic rings. The van der Waals surface area contributed by atoms with Gasteiger partial charge in [-0.25, -0.2) is 9.78 Å². The summed E-state index contributed by atoms with van der Waals surface area (Å²) in [6.45, 7) is 2.56. The molecule has 126 valence electrons. The monoisotopic (exact) mass is 320 g/mol. The van der Waals surface area contributed by atoms with Crippen molar-refractivity contribution in [3.8, 4) is 0 Å². The molecule has 7 nitrogen and oxygen atoms in total. The zero-order chi connectivity index (χ0) is 16.0. The van der Waals surface area contributed by atoms with Crippen molar-refractivity contribution in [3.05, 3.63) is 18.2 Å². The summed E-state index contributed by atoms with van der Waals surface area (Å²) in [5.41, 5.74) is -0.925. The first-order chi connectivity index (χ1) is 11.1. The first-order valence-electron chi connectivity index (χ1n) is 8.44. The standard InChI is InChI=1S/C16H24N4O3/c1-18-5-4-17-14(18)16(22)10-12-2-3-13(11-16)20(12)15(21)19-6-8-23-9-7-19/h4-5,12-13,22H,2-3,6-11H2,1H3/t12-,13+,16?. The van der Waals surface area contributed by atoms with E-state index in [1.165, 1.54) is 0 Å². The fourth-order valence-corrected chi connectivity index (χ4v) is 4.45. The molecule has 7 heteroatoms. The number of aromatic nitrogens is 2. The SMILES string of the molecule is Cn1ccnc1C1(O)C[C@H]2CC[C@@H](C1)N2C(=O)N1CCOCC1. The van der Waals surface area contributed by atoms with Gasteiger partial charge in [0.15, 0.2) is 0 Å². The maximum atomic E-state index is 12.9. The fourth-order valence-electron chi connectivity index (χ4n) is 4.45. The van der Waals surface area contributed by atoms with Gasteiger partial charge >= 0.3 is 6.03 Å². The van der Waals surface area contributed by atoms with Crippen LogP contribution in [-0.4, -0.2) is 68.9 Å². The molecule has 3 fully saturated rings. The van der Waals surface area contributed by atoms with Crippen LogP contribution in [-0.2, 0) is 17.4 Å². The minimum atomic E-state index is -0.925. The average Bonchev–Trinajstić information content (AvgIpc) is 3.10. The van der Waals surface area contributed by atoms with E-state index >= 15 is 0 Å². The number of hydrogen-bond donors (Lipinski definition) is 1.